The van der Waals surface area contributed by atoms with Crippen molar-refractivity contribution in [2.24, 2.45) is 11.8 Å². The number of hydrogen-bond acceptors (Lipinski definition) is 4. The van der Waals surface area contributed by atoms with Crippen molar-refractivity contribution in [3.63, 3.8) is 0 Å². The smallest absolute Gasteiger partial charge is 0.408 e. The number of benzene rings is 2. The van der Waals surface area contributed by atoms with Gasteiger partial charge in [-0.2, -0.15) is 0 Å². The quantitative estimate of drug-likeness (QED) is 0.268. The largest absolute Gasteiger partial charge is 0.444 e. The molecule has 3 amide bonds. The summed E-state index contributed by atoms with van der Waals surface area (Å²) in [5.41, 5.74) is 3.67. The summed E-state index contributed by atoms with van der Waals surface area (Å²) in [6.07, 6.45) is 1.60. The molecule has 0 aromatic heterocycles. The molecule has 4 unspecified atom stereocenters. The highest BCUT2D eigenvalue weighted by molar-refractivity contribution is 5.99. The van der Waals surface area contributed by atoms with E-state index in [4.69, 9.17) is 4.74 Å². The number of rotatable bonds is 12. The number of carbonyl (C=O) groups excluding carboxylic acids is 3. The third kappa shape index (κ3) is 9.60. The second-order valence-electron chi connectivity index (χ2n) is 13.1. The highest BCUT2D eigenvalue weighted by Gasteiger charge is 2.41. The Hall–Kier alpha value is -3.35. The van der Waals surface area contributed by atoms with Gasteiger partial charge in [-0.15, -0.1) is 0 Å². The summed E-state index contributed by atoms with van der Waals surface area (Å²) >= 11 is 0. The van der Waals surface area contributed by atoms with Crippen molar-refractivity contribution in [1.29, 1.82) is 0 Å². The zero-order chi connectivity index (χ0) is 31.8. The average Bonchev–Trinajstić information content (AvgIpc) is 2.90. The lowest BCUT2D eigenvalue weighted by Gasteiger charge is -2.40. The van der Waals surface area contributed by atoms with Gasteiger partial charge in [0.2, 0.25) is 5.91 Å². The Kier molecular flexibility index (Phi) is 12.6. The summed E-state index contributed by atoms with van der Waals surface area (Å²) in [6.45, 7) is 21.6. The first-order valence-corrected chi connectivity index (χ1v) is 15.3. The van der Waals surface area contributed by atoms with Gasteiger partial charge < -0.3 is 20.3 Å². The van der Waals surface area contributed by atoms with Crippen LogP contribution in [0, 0.1) is 32.6 Å². The van der Waals surface area contributed by atoms with E-state index in [9.17, 15) is 14.4 Å². The minimum atomic E-state index is -0.911. The Balaban J connectivity index is 2.72. The second kappa shape index (κ2) is 15.2. The van der Waals surface area contributed by atoms with Crippen molar-refractivity contribution >= 4 is 23.6 Å². The van der Waals surface area contributed by atoms with E-state index in [1.165, 1.54) is 0 Å². The van der Waals surface area contributed by atoms with Gasteiger partial charge >= 0.3 is 6.09 Å². The zero-order valence-electron chi connectivity index (χ0n) is 27.6. The summed E-state index contributed by atoms with van der Waals surface area (Å²) in [4.78, 5) is 43.8. The number of ether oxygens (including phenoxy) is 1. The molecule has 0 bridgehead atoms. The number of aryl methyl sites for hydroxylation is 2. The fourth-order valence-corrected chi connectivity index (χ4v) is 4.99. The van der Waals surface area contributed by atoms with Gasteiger partial charge in [-0.3, -0.25) is 9.59 Å². The van der Waals surface area contributed by atoms with E-state index in [1.54, 1.807) is 25.7 Å². The predicted octanol–water partition coefficient (Wildman–Crippen LogP) is 7.88. The van der Waals surface area contributed by atoms with Crippen LogP contribution in [-0.4, -0.2) is 40.5 Å². The van der Waals surface area contributed by atoms with E-state index >= 15 is 0 Å². The highest BCUT2D eigenvalue weighted by Crippen LogP contribution is 2.33. The minimum absolute atomic E-state index is 0.191. The van der Waals surface area contributed by atoms with E-state index in [0.29, 0.717) is 24.4 Å². The van der Waals surface area contributed by atoms with Crippen LogP contribution in [0.4, 0.5) is 10.5 Å². The molecular formula is C35H53N3O4. The SMILES string of the molecule is CCC(C)C(NC(=O)OC(C)(C)C)C(=O)N(C(C)CCC(C)C)C(C(=O)Nc1ccccc1C)c1cccc(C)c1C. The molecule has 0 radical (unpaired) electrons. The van der Waals surface area contributed by atoms with Gasteiger partial charge in [-0.1, -0.05) is 70.5 Å². The van der Waals surface area contributed by atoms with Gasteiger partial charge in [0.15, 0.2) is 0 Å². The highest BCUT2D eigenvalue weighted by atomic mass is 16.6. The molecule has 0 fully saturated rings. The molecule has 232 valence electrons. The molecule has 2 N–H and O–H groups in total. The first kappa shape index (κ1) is 34.8. The zero-order valence-corrected chi connectivity index (χ0v) is 27.6. The van der Waals surface area contributed by atoms with Crippen LogP contribution in [0.5, 0.6) is 0 Å². The molecule has 0 aliphatic carbocycles. The number of carbonyl (C=O) groups is 3. The first-order valence-electron chi connectivity index (χ1n) is 15.3. The Morgan fingerprint density at radius 2 is 1.50 bits per heavy atom. The van der Waals surface area contributed by atoms with E-state index in [0.717, 1.165) is 28.7 Å². The Morgan fingerprint density at radius 1 is 0.881 bits per heavy atom. The number of alkyl carbamates (subject to hydrolysis) is 1. The van der Waals surface area contributed by atoms with Crippen molar-refractivity contribution in [3.05, 3.63) is 64.7 Å². The number of nitrogens with one attached hydrogen (secondary N) is 2. The minimum Gasteiger partial charge on any atom is -0.444 e. The maximum absolute atomic E-state index is 14.7. The molecule has 0 aliphatic heterocycles. The second-order valence-corrected chi connectivity index (χ2v) is 13.1. The lowest BCUT2D eigenvalue weighted by molar-refractivity contribution is -0.144. The molecule has 4 atom stereocenters. The van der Waals surface area contributed by atoms with Crippen LogP contribution in [0.2, 0.25) is 0 Å². The van der Waals surface area contributed by atoms with E-state index in [-0.39, 0.29) is 23.8 Å². The molecule has 0 aliphatic rings. The standard InChI is InChI=1S/C35H53N3O4/c1-12-23(4)30(37-34(41)42-35(9,10)11)33(40)38(26(7)21-20-22(2)3)31(28-18-15-17-24(5)27(28)8)32(39)36-29-19-14-13-16-25(29)6/h13-19,22-23,26,30-31H,12,20-21H2,1-11H3,(H,36,39)(H,37,41). The van der Waals surface area contributed by atoms with Crippen molar-refractivity contribution in [2.75, 3.05) is 5.32 Å². The predicted molar refractivity (Wildman–Crippen MR) is 171 cm³/mol. The van der Waals surface area contributed by atoms with Crippen molar-refractivity contribution in [3.8, 4) is 0 Å². The van der Waals surface area contributed by atoms with Crippen molar-refractivity contribution in [1.82, 2.24) is 10.2 Å². The van der Waals surface area contributed by atoms with Crippen molar-refractivity contribution in [2.45, 2.75) is 119 Å². The molecule has 0 heterocycles. The lowest BCUT2D eigenvalue weighted by atomic mass is 9.90. The van der Waals surface area contributed by atoms with Crippen LogP contribution in [0.1, 0.15) is 103 Å². The van der Waals surface area contributed by atoms with Crippen LogP contribution >= 0.6 is 0 Å². The molecule has 0 saturated heterocycles. The van der Waals surface area contributed by atoms with Gasteiger partial charge in [-0.05, 0) is 101 Å². The van der Waals surface area contributed by atoms with Crippen LogP contribution in [0.25, 0.3) is 0 Å². The number of nitrogens with zero attached hydrogens (tertiary/aromatic N) is 1. The van der Waals surface area contributed by atoms with E-state index < -0.39 is 23.8 Å². The van der Waals surface area contributed by atoms with Crippen LogP contribution in [-0.2, 0) is 14.3 Å². The van der Waals surface area contributed by atoms with Gasteiger partial charge in [0.25, 0.3) is 5.91 Å². The van der Waals surface area contributed by atoms with Gasteiger partial charge in [0.05, 0.1) is 0 Å². The maximum Gasteiger partial charge on any atom is 0.408 e. The summed E-state index contributed by atoms with van der Waals surface area (Å²) in [7, 11) is 0. The summed E-state index contributed by atoms with van der Waals surface area (Å²) in [6, 6.07) is 11.4. The number of amides is 3. The molecule has 2 aromatic carbocycles. The molecule has 7 nitrogen and oxygen atoms in total. The number of anilines is 1. The first-order chi connectivity index (χ1) is 19.6. The van der Waals surface area contributed by atoms with Gasteiger partial charge in [0, 0.05) is 11.7 Å². The molecule has 42 heavy (non-hydrogen) atoms. The van der Waals surface area contributed by atoms with Crippen LogP contribution in [0.15, 0.2) is 42.5 Å². The fourth-order valence-electron chi connectivity index (χ4n) is 4.99. The third-order valence-corrected chi connectivity index (χ3v) is 7.91. The summed E-state index contributed by atoms with van der Waals surface area (Å²) < 4.78 is 5.55. The fraction of sp³-hybridized carbons (Fsp3) is 0.571. The maximum atomic E-state index is 14.7. The van der Waals surface area contributed by atoms with E-state index in [2.05, 4.69) is 24.5 Å². The van der Waals surface area contributed by atoms with Crippen LogP contribution < -0.4 is 10.6 Å². The molecule has 7 heteroatoms. The van der Waals surface area contributed by atoms with E-state index in [1.807, 2.05) is 84.0 Å². The Labute approximate surface area is 253 Å². The average molecular weight is 580 g/mol. The Bertz CT molecular complexity index is 1220. The summed E-state index contributed by atoms with van der Waals surface area (Å²) in [5.74, 6) is -0.349. The van der Waals surface area contributed by atoms with Crippen LogP contribution in [0.3, 0.4) is 0 Å². The molecule has 2 rings (SSSR count). The Morgan fingerprint density at radius 3 is 2.07 bits per heavy atom. The third-order valence-electron chi connectivity index (χ3n) is 7.91. The molecular weight excluding hydrogens is 526 g/mol. The monoisotopic (exact) mass is 579 g/mol. The lowest BCUT2D eigenvalue weighted by Crippen LogP contribution is -2.57. The molecule has 0 spiro atoms. The molecule has 2 aromatic rings. The van der Waals surface area contributed by atoms with Crippen molar-refractivity contribution < 1.29 is 19.1 Å². The topological polar surface area (TPSA) is 87.7 Å². The van der Waals surface area contributed by atoms with Gasteiger partial charge in [-0.25, -0.2) is 4.79 Å². The summed E-state index contributed by atoms with van der Waals surface area (Å²) in [5, 5.41) is 5.99. The number of para-hydroxylation sites is 1. The number of hydrogen-bond donors (Lipinski definition) is 2. The van der Waals surface area contributed by atoms with Gasteiger partial charge in [0.1, 0.15) is 17.7 Å². The normalized spacial score (nSPS) is 14.5. The molecule has 0 saturated carbocycles.